The van der Waals surface area contributed by atoms with Crippen molar-refractivity contribution >= 4 is 0 Å². The average molecular weight is 236 g/mol. The highest BCUT2D eigenvalue weighted by atomic mass is 16.2. The van der Waals surface area contributed by atoms with Crippen LogP contribution >= 0.6 is 0 Å². The second-order valence-electron chi connectivity index (χ2n) is 4.36. The molecule has 0 saturated carbocycles. The zero-order valence-electron chi connectivity index (χ0n) is 10.8. The fourth-order valence-corrected chi connectivity index (χ4v) is 1.90. The summed E-state index contributed by atoms with van der Waals surface area (Å²) in [5.74, 6) is 0. The third-order valence-corrected chi connectivity index (χ3v) is 2.99. The lowest BCUT2D eigenvalue weighted by molar-refractivity contribution is 0.262. The molecule has 0 aliphatic carbocycles. The molecular formula is C14H24N2O. The Balaban J connectivity index is 2.20. The lowest BCUT2D eigenvalue weighted by Crippen LogP contribution is -2.24. The van der Waals surface area contributed by atoms with Gasteiger partial charge in [-0.15, -0.1) is 0 Å². The Hall–Kier alpha value is -0.930. The van der Waals surface area contributed by atoms with Gasteiger partial charge in [0.25, 0.3) is 0 Å². The molecule has 0 bridgehead atoms. The zero-order valence-corrected chi connectivity index (χ0v) is 10.8. The quantitative estimate of drug-likeness (QED) is 0.669. The van der Waals surface area contributed by atoms with E-state index in [-0.39, 0.29) is 0 Å². The van der Waals surface area contributed by atoms with E-state index in [1.54, 1.807) is 0 Å². The van der Waals surface area contributed by atoms with Crippen LogP contribution in [0.2, 0.25) is 0 Å². The van der Waals surface area contributed by atoms with Crippen molar-refractivity contribution in [3.05, 3.63) is 30.1 Å². The Morgan fingerprint density at radius 1 is 1.12 bits per heavy atom. The summed E-state index contributed by atoms with van der Waals surface area (Å²) in [6, 6.07) is 4.16. The van der Waals surface area contributed by atoms with E-state index >= 15 is 0 Å². The van der Waals surface area contributed by atoms with E-state index in [0.29, 0.717) is 6.61 Å². The number of pyridine rings is 1. The van der Waals surface area contributed by atoms with E-state index < -0.39 is 0 Å². The molecule has 3 nitrogen and oxygen atoms in total. The molecule has 0 aromatic carbocycles. The van der Waals surface area contributed by atoms with Crippen LogP contribution in [0.5, 0.6) is 0 Å². The Bertz CT molecular complexity index is 277. The van der Waals surface area contributed by atoms with E-state index in [4.69, 9.17) is 5.11 Å². The number of hydrogen-bond acceptors (Lipinski definition) is 3. The lowest BCUT2D eigenvalue weighted by Gasteiger charge is -2.20. The van der Waals surface area contributed by atoms with Crippen LogP contribution in [0, 0.1) is 0 Å². The van der Waals surface area contributed by atoms with Crippen LogP contribution in [0.3, 0.4) is 0 Å². The molecule has 0 amide bonds. The molecule has 1 aromatic rings. The van der Waals surface area contributed by atoms with Gasteiger partial charge in [-0.25, -0.2) is 0 Å². The SMILES string of the molecule is CCN(CCCCCCO)Cc1ccncc1. The van der Waals surface area contributed by atoms with Gasteiger partial charge in [0.05, 0.1) is 0 Å². The summed E-state index contributed by atoms with van der Waals surface area (Å²) >= 11 is 0. The van der Waals surface area contributed by atoms with Crippen molar-refractivity contribution in [3.63, 3.8) is 0 Å². The van der Waals surface area contributed by atoms with Crippen molar-refractivity contribution < 1.29 is 5.11 Å². The van der Waals surface area contributed by atoms with Gasteiger partial charge < -0.3 is 5.11 Å². The number of aliphatic hydroxyl groups excluding tert-OH is 1. The van der Waals surface area contributed by atoms with Gasteiger partial charge in [-0.2, -0.15) is 0 Å². The summed E-state index contributed by atoms with van der Waals surface area (Å²) in [4.78, 5) is 6.48. The third-order valence-electron chi connectivity index (χ3n) is 2.99. The molecule has 0 aliphatic rings. The van der Waals surface area contributed by atoms with Gasteiger partial charge in [-0.1, -0.05) is 19.8 Å². The highest BCUT2D eigenvalue weighted by molar-refractivity contribution is 5.09. The van der Waals surface area contributed by atoms with Crippen molar-refractivity contribution in [2.24, 2.45) is 0 Å². The topological polar surface area (TPSA) is 36.4 Å². The highest BCUT2D eigenvalue weighted by Gasteiger charge is 2.02. The molecule has 1 N–H and O–H groups in total. The first kappa shape index (κ1) is 14.1. The van der Waals surface area contributed by atoms with Crippen molar-refractivity contribution in [2.45, 2.75) is 39.2 Å². The minimum absolute atomic E-state index is 0.328. The Morgan fingerprint density at radius 3 is 2.47 bits per heavy atom. The fourth-order valence-electron chi connectivity index (χ4n) is 1.90. The molecule has 3 heteroatoms. The van der Waals surface area contributed by atoms with Crippen molar-refractivity contribution in [2.75, 3.05) is 19.7 Å². The number of unbranched alkanes of at least 4 members (excludes halogenated alkanes) is 3. The van der Waals surface area contributed by atoms with Crippen LogP contribution in [0.4, 0.5) is 0 Å². The molecule has 0 spiro atoms. The van der Waals surface area contributed by atoms with Crippen LogP contribution in [0.25, 0.3) is 0 Å². The van der Waals surface area contributed by atoms with Crippen LogP contribution in [0.15, 0.2) is 24.5 Å². The molecule has 0 unspecified atom stereocenters. The van der Waals surface area contributed by atoms with E-state index in [1.165, 1.54) is 18.4 Å². The van der Waals surface area contributed by atoms with Gasteiger partial charge in [0.2, 0.25) is 0 Å². The monoisotopic (exact) mass is 236 g/mol. The second kappa shape index (κ2) is 9.14. The summed E-state index contributed by atoms with van der Waals surface area (Å²) in [5.41, 5.74) is 1.33. The van der Waals surface area contributed by atoms with Crippen LogP contribution < -0.4 is 0 Å². The van der Waals surface area contributed by atoms with Gasteiger partial charge in [-0.05, 0) is 43.6 Å². The maximum absolute atomic E-state index is 8.70. The van der Waals surface area contributed by atoms with Crippen LogP contribution in [0.1, 0.15) is 38.2 Å². The van der Waals surface area contributed by atoms with Gasteiger partial charge in [0.1, 0.15) is 0 Å². The molecule has 1 heterocycles. The first-order valence-electron chi connectivity index (χ1n) is 6.59. The molecule has 17 heavy (non-hydrogen) atoms. The number of aliphatic hydroxyl groups is 1. The average Bonchev–Trinajstić information content (AvgIpc) is 2.38. The van der Waals surface area contributed by atoms with E-state index in [9.17, 15) is 0 Å². The maximum atomic E-state index is 8.70. The molecule has 0 atom stereocenters. The Kier molecular flexibility index (Phi) is 7.60. The highest BCUT2D eigenvalue weighted by Crippen LogP contribution is 2.06. The first-order valence-corrected chi connectivity index (χ1v) is 6.59. The zero-order chi connectivity index (χ0) is 12.3. The molecule has 1 rings (SSSR count). The molecule has 96 valence electrons. The van der Waals surface area contributed by atoms with Crippen molar-refractivity contribution in [1.82, 2.24) is 9.88 Å². The Labute approximate surface area is 104 Å². The molecule has 1 aromatic heterocycles. The van der Waals surface area contributed by atoms with Gasteiger partial charge >= 0.3 is 0 Å². The summed E-state index contributed by atoms with van der Waals surface area (Å²) in [6.45, 7) is 5.77. The minimum Gasteiger partial charge on any atom is -0.396 e. The van der Waals surface area contributed by atoms with Crippen molar-refractivity contribution in [3.8, 4) is 0 Å². The van der Waals surface area contributed by atoms with Crippen LogP contribution in [-0.4, -0.2) is 34.7 Å². The number of hydrogen-bond donors (Lipinski definition) is 1. The van der Waals surface area contributed by atoms with E-state index in [1.807, 2.05) is 12.4 Å². The molecule has 0 aliphatic heterocycles. The molecule has 0 fully saturated rings. The number of nitrogens with zero attached hydrogens (tertiary/aromatic N) is 2. The predicted octanol–water partition coefficient (Wildman–Crippen LogP) is 2.46. The minimum atomic E-state index is 0.328. The summed E-state index contributed by atoms with van der Waals surface area (Å²) < 4.78 is 0. The molecule has 0 radical (unpaired) electrons. The molecule has 0 saturated heterocycles. The van der Waals surface area contributed by atoms with Gasteiger partial charge in [0, 0.05) is 25.5 Å². The predicted molar refractivity (Wildman–Crippen MR) is 70.7 cm³/mol. The first-order chi connectivity index (χ1) is 8.36. The number of aromatic nitrogens is 1. The maximum Gasteiger partial charge on any atom is 0.0431 e. The van der Waals surface area contributed by atoms with E-state index in [2.05, 4.69) is 28.9 Å². The van der Waals surface area contributed by atoms with Gasteiger partial charge in [-0.3, -0.25) is 9.88 Å². The Morgan fingerprint density at radius 2 is 1.82 bits per heavy atom. The number of rotatable bonds is 9. The smallest absolute Gasteiger partial charge is 0.0431 e. The molecular weight excluding hydrogens is 212 g/mol. The summed E-state index contributed by atoms with van der Waals surface area (Å²) in [7, 11) is 0. The van der Waals surface area contributed by atoms with E-state index in [0.717, 1.165) is 32.5 Å². The standard InChI is InChI=1S/C14H24N2O/c1-2-16(11-5-3-4-6-12-17)13-14-7-9-15-10-8-14/h7-10,17H,2-6,11-13H2,1H3. The van der Waals surface area contributed by atoms with Gasteiger partial charge in [0.15, 0.2) is 0 Å². The normalized spacial score (nSPS) is 11.0. The van der Waals surface area contributed by atoms with Crippen molar-refractivity contribution in [1.29, 1.82) is 0 Å². The second-order valence-corrected chi connectivity index (χ2v) is 4.36. The third kappa shape index (κ3) is 6.39. The van der Waals surface area contributed by atoms with Crippen LogP contribution in [-0.2, 0) is 6.54 Å². The lowest BCUT2D eigenvalue weighted by atomic mass is 10.2. The largest absolute Gasteiger partial charge is 0.396 e. The fraction of sp³-hybridized carbons (Fsp3) is 0.643. The summed E-state index contributed by atoms with van der Waals surface area (Å²) in [5, 5.41) is 8.70. The summed E-state index contributed by atoms with van der Waals surface area (Å²) in [6.07, 6.45) is 8.22.